The van der Waals surface area contributed by atoms with Crippen molar-refractivity contribution in [1.82, 2.24) is 4.98 Å². The molecule has 0 unspecified atom stereocenters. The van der Waals surface area contributed by atoms with Gasteiger partial charge in [0.1, 0.15) is 0 Å². The standard InChI is InChI=1S/C18H14N2O2S2/c1-12-16(15(21)10-9-14-8-5-11-23-14)24-18(19-12)20-17(22)13-6-3-2-4-7-13/h2-11H,1H3,(H,19,20,22)/b10-9+. The maximum Gasteiger partial charge on any atom is 0.257 e. The van der Waals surface area contributed by atoms with Crippen LogP contribution < -0.4 is 5.32 Å². The largest absolute Gasteiger partial charge is 0.298 e. The average Bonchev–Trinajstić information content (AvgIpc) is 3.23. The minimum atomic E-state index is -0.238. The van der Waals surface area contributed by atoms with Crippen molar-refractivity contribution >= 4 is 45.6 Å². The van der Waals surface area contributed by atoms with Crippen molar-refractivity contribution in [2.45, 2.75) is 6.92 Å². The Morgan fingerprint density at radius 2 is 1.92 bits per heavy atom. The van der Waals surface area contributed by atoms with Gasteiger partial charge in [0, 0.05) is 10.4 Å². The first kappa shape index (κ1) is 16.3. The van der Waals surface area contributed by atoms with E-state index in [0.29, 0.717) is 21.3 Å². The second-order valence-corrected chi connectivity index (χ2v) is 6.95. The summed E-state index contributed by atoms with van der Waals surface area (Å²) in [6, 6.07) is 12.8. The maximum absolute atomic E-state index is 12.3. The SMILES string of the molecule is Cc1nc(NC(=O)c2ccccc2)sc1C(=O)/C=C/c1cccs1. The molecule has 120 valence electrons. The number of amides is 1. The lowest BCUT2D eigenvalue weighted by molar-refractivity contribution is 0.102. The summed E-state index contributed by atoms with van der Waals surface area (Å²) < 4.78 is 0. The summed E-state index contributed by atoms with van der Waals surface area (Å²) in [7, 11) is 0. The molecule has 0 saturated carbocycles. The number of hydrogen-bond acceptors (Lipinski definition) is 5. The maximum atomic E-state index is 12.3. The Balaban J connectivity index is 1.73. The first-order valence-electron chi connectivity index (χ1n) is 7.23. The number of nitrogens with zero attached hydrogens (tertiary/aromatic N) is 1. The fourth-order valence-corrected chi connectivity index (χ4v) is 3.56. The van der Waals surface area contributed by atoms with E-state index in [9.17, 15) is 9.59 Å². The third-order valence-electron chi connectivity index (χ3n) is 3.22. The number of carbonyl (C=O) groups excluding carboxylic acids is 2. The van der Waals surface area contributed by atoms with Crippen LogP contribution in [0, 0.1) is 6.92 Å². The predicted octanol–water partition coefficient (Wildman–Crippen LogP) is 4.66. The normalized spacial score (nSPS) is 10.9. The number of hydrogen-bond donors (Lipinski definition) is 1. The number of allylic oxidation sites excluding steroid dienone is 1. The molecular formula is C18H14N2O2S2. The van der Waals surface area contributed by atoms with E-state index in [-0.39, 0.29) is 11.7 Å². The van der Waals surface area contributed by atoms with Crippen LogP contribution in [0.3, 0.4) is 0 Å². The summed E-state index contributed by atoms with van der Waals surface area (Å²) in [5.74, 6) is -0.351. The highest BCUT2D eigenvalue weighted by atomic mass is 32.1. The molecule has 1 aromatic carbocycles. The molecule has 0 bridgehead atoms. The van der Waals surface area contributed by atoms with Crippen LogP contribution >= 0.6 is 22.7 Å². The van der Waals surface area contributed by atoms with Gasteiger partial charge < -0.3 is 0 Å². The number of aryl methyl sites for hydroxylation is 1. The lowest BCUT2D eigenvalue weighted by Crippen LogP contribution is -2.11. The molecule has 2 heterocycles. The van der Waals surface area contributed by atoms with E-state index >= 15 is 0 Å². The van der Waals surface area contributed by atoms with Gasteiger partial charge in [-0.1, -0.05) is 35.6 Å². The number of thiophene rings is 1. The number of aromatic nitrogens is 1. The minimum absolute atomic E-state index is 0.112. The highest BCUT2D eigenvalue weighted by Crippen LogP contribution is 2.24. The first-order chi connectivity index (χ1) is 11.6. The smallest absolute Gasteiger partial charge is 0.257 e. The molecule has 24 heavy (non-hydrogen) atoms. The van der Waals surface area contributed by atoms with E-state index in [4.69, 9.17) is 0 Å². The Kier molecular flexibility index (Phi) is 4.98. The molecule has 0 atom stereocenters. The number of nitrogens with one attached hydrogen (secondary N) is 1. The third kappa shape index (κ3) is 3.84. The van der Waals surface area contributed by atoms with Crippen LogP contribution in [0.2, 0.25) is 0 Å². The van der Waals surface area contributed by atoms with Gasteiger partial charge in [-0.2, -0.15) is 0 Å². The zero-order valence-electron chi connectivity index (χ0n) is 12.9. The number of anilines is 1. The molecule has 0 aliphatic rings. The van der Waals surface area contributed by atoms with Crippen molar-refractivity contribution in [3.63, 3.8) is 0 Å². The summed E-state index contributed by atoms with van der Waals surface area (Å²) in [5, 5.41) is 5.12. The van der Waals surface area contributed by atoms with Crippen LogP contribution in [-0.4, -0.2) is 16.7 Å². The molecule has 0 radical (unpaired) electrons. The summed E-state index contributed by atoms with van der Waals surface area (Å²) in [6.07, 6.45) is 3.32. The highest BCUT2D eigenvalue weighted by Gasteiger charge is 2.15. The van der Waals surface area contributed by atoms with Crippen molar-refractivity contribution in [2.24, 2.45) is 0 Å². The Morgan fingerprint density at radius 1 is 1.12 bits per heavy atom. The third-order valence-corrected chi connectivity index (χ3v) is 5.14. The van der Waals surface area contributed by atoms with Gasteiger partial charge in [0.25, 0.3) is 5.91 Å². The second kappa shape index (κ2) is 7.33. The molecule has 0 fully saturated rings. The van der Waals surface area contributed by atoms with Crippen LogP contribution in [0.5, 0.6) is 0 Å². The molecule has 3 rings (SSSR count). The van der Waals surface area contributed by atoms with E-state index in [0.717, 1.165) is 4.88 Å². The first-order valence-corrected chi connectivity index (χ1v) is 8.93. The number of benzene rings is 1. The molecule has 2 aromatic heterocycles. The van der Waals surface area contributed by atoms with Gasteiger partial charge in [-0.3, -0.25) is 14.9 Å². The van der Waals surface area contributed by atoms with E-state index in [1.54, 1.807) is 48.6 Å². The summed E-state index contributed by atoms with van der Waals surface area (Å²) in [5.41, 5.74) is 1.17. The minimum Gasteiger partial charge on any atom is -0.298 e. The molecule has 0 spiro atoms. The van der Waals surface area contributed by atoms with Crippen molar-refractivity contribution < 1.29 is 9.59 Å². The van der Waals surface area contributed by atoms with Gasteiger partial charge >= 0.3 is 0 Å². The zero-order chi connectivity index (χ0) is 16.9. The van der Waals surface area contributed by atoms with Gasteiger partial charge in [-0.05, 0) is 42.7 Å². The Labute approximate surface area is 147 Å². The number of ketones is 1. The van der Waals surface area contributed by atoms with Crippen LogP contribution in [0.15, 0.2) is 53.9 Å². The van der Waals surface area contributed by atoms with Gasteiger partial charge in [0.2, 0.25) is 0 Å². The lowest BCUT2D eigenvalue weighted by Gasteiger charge is -2.00. The molecule has 1 N–H and O–H groups in total. The fourth-order valence-electron chi connectivity index (χ4n) is 2.06. The van der Waals surface area contributed by atoms with E-state index < -0.39 is 0 Å². The van der Waals surface area contributed by atoms with Crippen molar-refractivity contribution in [3.8, 4) is 0 Å². The molecule has 0 aliphatic carbocycles. The molecular weight excluding hydrogens is 340 g/mol. The molecule has 6 heteroatoms. The number of rotatable bonds is 5. The number of carbonyl (C=O) groups is 2. The second-order valence-electron chi connectivity index (χ2n) is 4.97. The van der Waals surface area contributed by atoms with E-state index in [2.05, 4.69) is 10.3 Å². The summed E-state index contributed by atoms with van der Waals surface area (Å²) in [6.45, 7) is 1.76. The van der Waals surface area contributed by atoms with Gasteiger partial charge in [0.05, 0.1) is 10.6 Å². The molecule has 3 aromatic rings. The van der Waals surface area contributed by atoms with E-state index in [1.807, 2.05) is 23.6 Å². The van der Waals surface area contributed by atoms with Crippen molar-refractivity contribution in [2.75, 3.05) is 5.32 Å². The van der Waals surface area contributed by atoms with Crippen LogP contribution in [0.1, 0.15) is 30.6 Å². The number of thiazole rings is 1. The quantitative estimate of drug-likeness (QED) is 0.535. The predicted molar refractivity (Wildman–Crippen MR) is 98.9 cm³/mol. The van der Waals surface area contributed by atoms with Gasteiger partial charge in [-0.25, -0.2) is 4.98 Å². The Bertz CT molecular complexity index is 881. The molecule has 1 amide bonds. The van der Waals surface area contributed by atoms with Crippen LogP contribution in [0.25, 0.3) is 6.08 Å². The lowest BCUT2D eigenvalue weighted by atomic mass is 10.2. The monoisotopic (exact) mass is 354 g/mol. The molecule has 0 saturated heterocycles. The van der Waals surface area contributed by atoms with Crippen molar-refractivity contribution in [1.29, 1.82) is 0 Å². The Hall–Kier alpha value is -2.57. The average molecular weight is 354 g/mol. The van der Waals surface area contributed by atoms with Gasteiger partial charge in [0.15, 0.2) is 10.9 Å². The van der Waals surface area contributed by atoms with Crippen LogP contribution in [-0.2, 0) is 0 Å². The zero-order valence-corrected chi connectivity index (χ0v) is 14.5. The summed E-state index contributed by atoms with van der Waals surface area (Å²) >= 11 is 2.75. The highest BCUT2D eigenvalue weighted by molar-refractivity contribution is 7.18. The van der Waals surface area contributed by atoms with Crippen LogP contribution in [0.4, 0.5) is 5.13 Å². The fraction of sp³-hybridized carbons (Fsp3) is 0.0556. The van der Waals surface area contributed by atoms with Crippen molar-refractivity contribution in [3.05, 3.63) is 74.9 Å². The Morgan fingerprint density at radius 3 is 2.62 bits per heavy atom. The van der Waals surface area contributed by atoms with Gasteiger partial charge in [-0.15, -0.1) is 11.3 Å². The van der Waals surface area contributed by atoms with E-state index in [1.165, 1.54) is 17.4 Å². The topological polar surface area (TPSA) is 59.1 Å². The summed E-state index contributed by atoms with van der Waals surface area (Å²) in [4.78, 5) is 30.3. The molecule has 4 nitrogen and oxygen atoms in total. The molecule has 0 aliphatic heterocycles.